The molecule has 0 spiro atoms. The van der Waals surface area contributed by atoms with E-state index in [0.29, 0.717) is 0 Å². The van der Waals surface area contributed by atoms with Crippen LogP contribution in [-0.2, 0) is 262 Å². The third-order valence-corrected chi connectivity index (χ3v) is 4.69. The zero-order valence-corrected chi connectivity index (χ0v) is 51.9. The minimum Gasteiger partial charge on any atom is -0.400 e. The van der Waals surface area contributed by atoms with Crippen LogP contribution in [0.3, 0.4) is 0 Å². The number of hydrogen-bond donors (Lipinski definition) is 2. The minimum atomic E-state index is 0. The molecule has 4 aromatic carbocycles. The molecule has 46 heavy (non-hydrogen) atoms. The maximum atomic E-state index is 7.00. The van der Waals surface area contributed by atoms with Crippen molar-refractivity contribution < 1.29 is 272 Å². The van der Waals surface area contributed by atoms with Crippen molar-refractivity contribution in [3.05, 3.63) is 146 Å². The Bertz CT molecular complexity index is 1000. The van der Waals surface area contributed by atoms with Gasteiger partial charge in [0.1, 0.15) is 0 Å². The summed E-state index contributed by atoms with van der Waals surface area (Å²) < 4.78 is 0. The Hall–Kier alpha value is 5.11. The third kappa shape index (κ3) is 37.4. The van der Waals surface area contributed by atoms with Crippen molar-refractivity contribution in [2.75, 3.05) is 14.2 Å². The Morgan fingerprint density at radius 1 is 0.304 bits per heavy atom. The molecule has 4 rings (SSSR count). The fourth-order valence-electron chi connectivity index (χ4n) is 3.09. The van der Waals surface area contributed by atoms with Crippen LogP contribution < -0.4 is 0 Å². The minimum absolute atomic E-state index is 0. The van der Waals surface area contributed by atoms with Crippen LogP contribution in [0, 0.1) is 14.9 Å². The molecule has 0 fully saturated rings. The van der Waals surface area contributed by atoms with E-state index in [2.05, 4.69) is 121 Å². The van der Waals surface area contributed by atoms with Crippen LogP contribution in [-0.4, -0.2) is 24.4 Å². The van der Waals surface area contributed by atoms with E-state index in [1.54, 1.807) is 0 Å². The van der Waals surface area contributed by atoms with E-state index in [0.717, 1.165) is 14.2 Å². The maximum Gasteiger partial charge on any atom is 0.0319 e. The zero-order chi connectivity index (χ0) is 27.0. The first-order valence-electron chi connectivity index (χ1n) is 12.4. The summed E-state index contributed by atoms with van der Waals surface area (Å²) in [5.41, 5.74) is 7.30. The van der Waals surface area contributed by atoms with E-state index < -0.39 is 0 Å². The number of hydrogen-bond acceptors (Lipinski definition) is 2. The molecule has 2 N–H and O–H groups in total. The van der Waals surface area contributed by atoms with Gasteiger partial charge in [0.25, 0.3) is 0 Å². The van der Waals surface area contributed by atoms with Crippen LogP contribution in [0.25, 0.3) is 35.4 Å². The van der Waals surface area contributed by atoms with Gasteiger partial charge in [0.05, 0.1) is 0 Å². The molecule has 0 aliphatic carbocycles. The summed E-state index contributed by atoms with van der Waals surface area (Å²) in [6.45, 7) is 8.00. The van der Waals surface area contributed by atoms with Gasteiger partial charge in [-0.05, 0) is 33.4 Å². The fourth-order valence-corrected chi connectivity index (χ4v) is 3.09. The van der Waals surface area contributed by atoms with Crippen LogP contribution in [0.5, 0.6) is 0 Å². The molecule has 8 radical (unpaired) electrons. The second-order valence-corrected chi connectivity index (χ2v) is 6.73. The van der Waals surface area contributed by atoms with Gasteiger partial charge in [0.2, 0.25) is 0 Å². The SMILES string of the molecule is C(=Cc1ccc(-c2ccc(C=Cc3ccccc3)cc2)cc1)c1ccccc1.CC.CC.CO.CO.[CH3-].[CH3-].[Y].[Y].[Y].[Y].[Y].[Y].[Y].[Y]. The van der Waals surface area contributed by atoms with Gasteiger partial charge in [-0.3, -0.25) is 0 Å². The number of aliphatic hydroxyl groups excluding tert-OH is 2. The molecular formula is C36H48O2Y8-2. The summed E-state index contributed by atoms with van der Waals surface area (Å²) in [7, 11) is 2.00. The second-order valence-electron chi connectivity index (χ2n) is 6.73. The van der Waals surface area contributed by atoms with Gasteiger partial charge >= 0.3 is 0 Å². The summed E-state index contributed by atoms with van der Waals surface area (Å²) >= 11 is 0. The molecule has 0 bridgehead atoms. The second kappa shape index (κ2) is 59.4. The van der Waals surface area contributed by atoms with E-state index in [1.807, 2.05) is 39.8 Å². The van der Waals surface area contributed by atoms with Gasteiger partial charge in [-0.1, -0.05) is 161 Å². The quantitative estimate of drug-likeness (QED) is 0.155. The number of rotatable bonds is 5. The molecule has 0 aliphatic rings. The molecule has 0 unspecified atom stereocenters. The van der Waals surface area contributed by atoms with Crippen molar-refractivity contribution in [3.8, 4) is 11.1 Å². The first-order valence-corrected chi connectivity index (χ1v) is 12.4. The van der Waals surface area contributed by atoms with Gasteiger partial charge in [-0.15, -0.1) is 0 Å². The van der Waals surface area contributed by atoms with Crippen molar-refractivity contribution in [3.63, 3.8) is 0 Å². The molecule has 2 nitrogen and oxygen atoms in total. The molecular weight excluding hydrogens is 1180 g/mol. The van der Waals surface area contributed by atoms with E-state index in [1.165, 1.54) is 33.4 Å². The van der Waals surface area contributed by atoms with Crippen LogP contribution >= 0.6 is 0 Å². The third-order valence-electron chi connectivity index (χ3n) is 4.69. The Labute approximate surface area is 484 Å². The average molecular weight is 1220 g/mol. The van der Waals surface area contributed by atoms with E-state index in [9.17, 15) is 0 Å². The monoisotopic (exact) mass is 1220 g/mol. The van der Waals surface area contributed by atoms with Crippen molar-refractivity contribution in [1.29, 1.82) is 0 Å². The van der Waals surface area contributed by atoms with Crippen LogP contribution in [0.1, 0.15) is 49.9 Å². The maximum absolute atomic E-state index is 7.00. The van der Waals surface area contributed by atoms with Gasteiger partial charge in [-0.25, -0.2) is 0 Å². The van der Waals surface area contributed by atoms with Crippen LogP contribution in [0.2, 0.25) is 0 Å². The molecule has 0 atom stereocenters. The predicted molar refractivity (Wildman–Crippen MR) is 174 cm³/mol. The molecule has 0 aliphatic heterocycles. The Morgan fingerprint density at radius 2 is 0.478 bits per heavy atom. The molecule has 0 heterocycles. The molecule has 0 saturated heterocycles. The van der Waals surface area contributed by atoms with Crippen molar-refractivity contribution in [1.82, 2.24) is 0 Å². The molecule has 230 valence electrons. The topological polar surface area (TPSA) is 40.5 Å². The molecule has 10 heteroatoms. The Kier molecular flexibility index (Phi) is 103. The summed E-state index contributed by atoms with van der Waals surface area (Å²) in [4.78, 5) is 0. The summed E-state index contributed by atoms with van der Waals surface area (Å²) in [5.74, 6) is 0. The summed E-state index contributed by atoms with van der Waals surface area (Å²) in [6, 6.07) is 38.1. The average Bonchev–Trinajstić information content (AvgIpc) is 3.01. The van der Waals surface area contributed by atoms with Gasteiger partial charge in [0.15, 0.2) is 0 Å². The molecule has 0 saturated carbocycles. The summed E-state index contributed by atoms with van der Waals surface area (Å²) in [5, 5.41) is 14.0. The van der Waals surface area contributed by atoms with E-state index in [-0.39, 0.29) is 277 Å². The normalized spacial score (nSPS) is 7.39. The van der Waals surface area contributed by atoms with E-state index in [4.69, 9.17) is 10.2 Å². The predicted octanol–water partition coefficient (Wildman–Crippen LogP) is 9.84. The first kappa shape index (κ1) is 79.8. The van der Waals surface area contributed by atoms with Crippen LogP contribution in [0.15, 0.2) is 109 Å². The van der Waals surface area contributed by atoms with Gasteiger partial charge in [0, 0.05) is 276 Å². The van der Waals surface area contributed by atoms with Crippen molar-refractivity contribution in [2.45, 2.75) is 27.7 Å². The number of aliphatic hydroxyl groups is 2. The zero-order valence-electron chi connectivity index (χ0n) is 29.2. The van der Waals surface area contributed by atoms with Crippen LogP contribution in [0.4, 0.5) is 0 Å². The van der Waals surface area contributed by atoms with E-state index >= 15 is 0 Å². The first-order chi connectivity index (χ1) is 17.9. The largest absolute Gasteiger partial charge is 0.400 e. The molecule has 4 aromatic rings. The van der Waals surface area contributed by atoms with Crippen molar-refractivity contribution >= 4 is 24.3 Å². The standard InChI is InChI=1S/C28H22.2C2H6.2CH4O.2CH3.8Y/c1-3-7-23(8-4-1)11-13-25-15-19-27(20-16-25)28-21-17-26(18-22-28)14-12-24-9-5-2-6-10-24;4*1-2;;;;;;;;;;/h1-22H;2*1-2H3;2*2H,1H3;2*1H3;;;;;;;;/q;;;;;2*-1;;;;;;;;. The van der Waals surface area contributed by atoms with Crippen molar-refractivity contribution in [2.24, 2.45) is 0 Å². The summed E-state index contributed by atoms with van der Waals surface area (Å²) in [6.07, 6.45) is 8.58. The smallest absolute Gasteiger partial charge is 0.0319 e. The number of benzene rings is 4. The Morgan fingerprint density at radius 3 is 0.674 bits per heavy atom. The molecule has 0 amide bonds. The Balaban J connectivity index is -0.0000000705. The fraction of sp³-hybridized carbons (Fsp3) is 0.167. The van der Waals surface area contributed by atoms with Gasteiger partial charge < -0.3 is 25.1 Å². The molecule has 0 aromatic heterocycles. The van der Waals surface area contributed by atoms with Gasteiger partial charge in [-0.2, -0.15) is 0 Å².